The Hall–Kier alpha value is -1.30. The lowest BCUT2D eigenvalue weighted by atomic mass is 10.2. The van der Waals surface area contributed by atoms with Crippen molar-refractivity contribution in [2.45, 2.75) is 6.42 Å². The van der Waals surface area contributed by atoms with Gasteiger partial charge in [-0.15, -0.1) is 0 Å². The molecule has 5 nitrogen and oxygen atoms in total. The third-order valence-corrected chi connectivity index (χ3v) is 3.74. The number of anilines is 1. The van der Waals surface area contributed by atoms with E-state index in [9.17, 15) is 4.79 Å². The summed E-state index contributed by atoms with van der Waals surface area (Å²) in [5.74, 6) is -0.177. The fourth-order valence-electron chi connectivity index (χ4n) is 2.15. The Bertz CT molecular complexity index is 462. The average Bonchev–Trinajstić information content (AvgIpc) is 2.47. The predicted molar refractivity (Wildman–Crippen MR) is 80.1 cm³/mol. The highest BCUT2D eigenvalue weighted by Crippen LogP contribution is 2.22. The minimum atomic E-state index is -0.177. The zero-order valence-corrected chi connectivity index (χ0v) is 12.2. The maximum atomic E-state index is 12.0. The van der Waals surface area contributed by atoms with E-state index in [1.807, 2.05) is 0 Å². The maximum absolute atomic E-state index is 12.0. The van der Waals surface area contributed by atoms with E-state index < -0.39 is 0 Å². The highest BCUT2D eigenvalue weighted by molar-refractivity contribution is 6.36. The first-order chi connectivity index (χ1) is 9.68. The van der Waals surface area contributed by atoms with Crippen LogP contribution in [0.3, 0.4) is 0 Å². The Morgan fingerprint density at radius 2 is 2.15 bits per heavy atom. The summed E-state index contributed by atoms with van der Waals surface area (Å²) in [6.45, 7) is 5.12. The Labute approximate surface area is 124 Å². The van der Waals surface area contributed by atoms with Crippen molar-refractivity contribution in [2.75, 3.05) is 45.1 Å². The maximum Gasteiger partial charge on any atom is 0.252 e. The Morgan fingerprint density at radius 3 is 2.90 bits per heavy atom. The van der Waals surface area contributed by atoms with Gasteiger partial charge in [-0.3, -0.25) is 9.69 Å². The van der Waals surface area contributed by atoms with Gasteiger partial charge in [0.1, 0.15) is 0 Å². The van der Waals surface area contributed by atoms with Crippen molar-refractivity contribution in [1.29, 1.82) is 0 Å². The van der Waals surface area contributed by atoms with Crippen molar-refractivity contribution in [2.24, 2.45) is 0 Å². The number of hydrogen-bond acceptors (Lipinski definition) is 4. The van der Waals surface area contributed by atoms with Gasteiger partial charge in [0.05, 0.1) is 29.5 Å². The Balaban J connectivity index is 1.73. The van der Waals surface area contributed by atoms with Crippen LogP contribution in [0.1, 0.15) is 16.8 Å². The second kappa shape index (κ2) is 7.47. The molecule has 0 aliphatic carbocycles. The van der Waals surface area contributed by atoms with Crippen molar-refractivity contribution in [1.82, 2.24) is 10.2 Å². The van der Waals surface area contributed by atoms with Gasteiger partial charge in [-0.1, -0.05) is 17.7 Å². The molecule has 1 aromatic rings. The molecule has 0 atom stereocenters. The molecule has 1 aliphatic rings. The van der Waals surface area contributed by atoms with E-state index in [0.717, 1.165) is 39.3 Å². The normalized spacial score (nSPS) is 16.1. The smallest absolute Gasteiger partial charge is 0.252 e. The number of rotatable bonds is 5. The molecule has 1 aromatic carbocycles. The molecule has 110 valence electrons. The molecule has 0 unspecified atom stereocenters. The molecule has 1 amide bonds. The van der Waals surface area contributed by atoms with Gasteiger partial charge in [0.25, 0.3) is 5.91 Å². The zero-order valence-electron chi connectivity index (χ0n) is 11.4. The molecule has 0 radical (unpaired) electrons. The Morgan fingerprint density at radius 1 is 1.40 bits per heavy atom. The van der Waals surface area contributed by atoms with Gasteiger partial charge in [0.2, 0.25) is 0 Å². The van der Waals surface area contributed by atoms with Crippen molar-refractivity contribution >= 4 is 23.2 Å². The third-order valence-electron chi connectivity index (χ3n) is 3.31. The average molecular weight is 298 g/mol. The second-order valence-corrected chi connectivity index (χ2v) is 5.15. The van der Waals surface area contributed by atoms with Crippen LogP contribution in [0.15, 0.2) is 18.2 Å². The van der Waals surface area contributed by atoms with E-state index in [1.54, 1.807) is 18.2 Å². The van der Waals surface area contributed by atoms with Gasteiger partial charge in [-0.05, 0) is 25.1 Å². The van der Waals surface area contributed by atoms with Gasteiger partial charge in [-0.2, -0.15) is 0 Å². The molecule has 0 spiro atoms. The van der Waals surface area contributed by atoms with Gasteiger partial charge < -0.3 is 15.8 Å². The number of amides is 1. The van der Waals surface area contributed by atoms with Crippen LogP contribution in [0.2, 0.25) is 5.02 Å². The lowest BCUT2D eigenvalue weighted by Gasteiger charge is -2.26. The fourth-order valence-corrected chi connectivity index (χ4v) is 2.36. The third kappa shape index (κ3) is 4.10. The highest BCUT2D eigenvalue weighted by atomic mass is 35.5. The molecule has 3 N–H and O–H groups in total. The van der Waals surface area contributed by atoms with E-state index in [0.29, 0.717) is 22.8 Å². The minimum Gasteiger partial charge on any atom is -0.398 e. The summed E-state index contributed by atoms with van der Waals surface area (Å²) in [5.41, 5.74) is 6.53. The lowest BCUT2D eigenvalue weighted by molar-refractivity contribution is 0.0374. The molecule has 0 saturated carbocycles. The molecule has 1 saturated heterocycles. The molecule has 0 bridgehead atoms. The number of halogens is 1. The number of nitrogens with two attached hydrogens (primary N) is 1. The molecule has 6 heteroatoms. The van der Waals surface area contributed by atoms with Crippen LogP contribution in [0.4, 0.5) is 5.69 Å². The summed E-state index contributed by atoms with van der Waals surface area (Å²) in [4.78, 5) is 14.3. The van der Waals surface area contributed by atoms with Gasteiger partial charge >= 0.3 is 0 Å². The number of nitrogens with zero attached hydrogens (tertiary/aromatic N) is 1. The number of ether oxygens (including phenoxy) is 1. The first-order valence-corrected chi connectivity index (χ1v) is 7.18. The van der Waals surface area contributed by atoms with Crippen LogP contribution in [0, 0.1) is 0 Å². The van der Waals surface area contributed by atoms with Crippen molar-refractivity contribution in [3.63, 3.8) is 0 Å². The number of benzene rings is 1. The predicted octanol–water partition coefficient (Wildman–Crippen LogP) is 1.37. The standard InChI is InChI=1S/C14H20ClN3O2/c15-13-11(3-1-4-12(13)16)14(19)17-5-2-6-18-7-9-20-10-8-18/h1,3-4H,2,5-10,16H2,(H,17,19). The van der Waals surface area contributed by atoms with E-state index in [-0.39, 0.29) is 5.91 Å². The molecule has 0 aromatic heterocycles. The summed E-state index contributed by atoms with van der Waals surface area (Å²) in [7, 11) is 0. The fraction of sp³-hybridized carbons (Fsp3) is 0.500. The minimum absolute atomic E-state index is 0.177. The van der Waals surface area contributed by atoms with Crippen molar-refractivity contribution in [3.05, 3.63) is 28.8 Å². The first-order valence-electron chi connectivity index (χ1n) is 6.81. The molecule has 20 heavy (non-hydrogen) atoms. The summed E-state index contributed by atoms with van der Waals surface area (Å²) in [6.07, 6.45) is 0.908. The molecule has 1 heterocycles. The Kier molecular flexibility index (Phi) is 5.64. The van der Waals surface area contributed by atoms with Gasteiger partial charge in [0, 0.05) is 19.6 Å². The van der Waals surface area contributed by atoms with Gasteiger partial charge in [-0.25, -0.2) is 0 Å². The van der Waals surface area contributed by atoms with Crippen LogP contribution in [-0.2, 0) is 4.74 Å². The van der Waals surface area contributed by atoms with Crippen LogP contribution < -0.4 is 11.1 Å². The quantitative estimate of drug-likeness (QED) is 0.636. The zero-order chi connectivity index (χ0) is 14.4. The van der Waals surface area contributed by atoms with E-state index in [2.05, 4.69) is 10.2 Å². The summed E-state index contributed by atoms with van der Waals surface area (Å²) in [5, 5.41) is 3.19. The summed E-state index contributed by atoms with van der Waals surface area (Å²) >= 11 is 6.01. The summed E-state index contributed by atoms with van der Waals surface area (Å²) < 4.78 is 5.29. The molecular weight excluding hydrogens is 278 g/mol. The molecule has 1 fully saturated rings. The highest BCUT2D eigenvalue weighted by Gasteiger charge is 2.12. The summed E-state index contributed by atoms with van der Waals surface area (Å²) in [6, 6.07) is 5.08. The van der Waals surface area contributed by atoms with E-state index in [4.69, 9.17) is 22.1 Å². The SMILES string of the molecule is Nc1cccc(C(=O)NCCCN2CCOCC2)c1Cl. The van der Waals surface area contributed by atoms with Crippen LogP contribution in [-0.4, -0.2) is 50.2 Å². The number of morpholine rings is 1. The monoisotopic (exact) mass is 297 g/mol. The number of hydrogen-bond donors (Lipinski definition) is 2. The van der Waals surface area contributed by atoms with Crippen LogP contribution >= 0.6 is 11.6 Å². The number of nitrogen functional groups attached to an aromatic ring is 1. The number of carbonyl (C=O) groups excluding carboxylic acids is 1. The number of carbonyl (C=O) groups is 1. The van der Waals surface area contributed by atoms with Crippen LogP contribution in [0.5, 0.6) is 0 Å². The molecule has 2 rings (SSSR count). The largest absolute Gasteiger partial charge is 0.398 e. The van der Waals surface area contributed by atoms with Crippen molar-refractivity contribution < 1.29 is 9.53 Å². The van der Waals surface area contributed by atoms with Crippen LogP contribution in [0.25, 0.3) is 0 Å². The topological polar surface area (TPSA) is 67.6 Å². The first kappa shape index (κ1) is 15.1. The number of nitrogens with one attached hydrogen (secondary N) is 1. The molecule has 1 aliphatic heterocycles. The van der Waals surface area contributed by atoms with Gasteiger partial charge in [0.15, 0.2) is 0 Å². The van der Waals surface area contributed by atoms with E-state index in [1.165, 1.54) is 0 Å². The van der Waals surface area contributed by atoms with E-state index >= 15 is 0 Å². The second-order valence-electron chi connectivity index (χ2n) is 4.77. The molecular formula is C14H20ClN3O2. The van der Waals surface area contributed by atoms with Crippen molar-refractivity contribution in [3.8, 4) is 0 Å². The lowest BCUT2D eigenvalue weighted by Crippen LogP contribution is -2.38.